The number of nitrogens with one attached hydrogen (secondary N) is 1. The number of rotatable bonds is 3. The van der Waals surface area contributed by atoms with Gasteiger partial charge in [-0.25, -0.2) is 4.98 Å². The molecule has 0 spiro atoms. The highest BCUT2D eigenvalue weighted by Gasteiger charge is 2.28. The molecular formula is C12H18N4O2. The molecule has 0 aromatic carbocycles. The molecule has 2 rings (SSSR count). The van der Waals surface area contributed by atoms with Crippen LogP contribution in [0.1, 0.15) is 10.4 Å². The molecule has 1 aromatic rings. The lowest BCUT2D eigenvalue weighted by atomic mass is 10.1. The third-order valence-corrected chi connectivity index (χ3v) is 3.08. The number of piperazine rings is 1. The van der Waals surface area contributed by atoms with Gasteiger partial charge in [-0.05, 0) is 12.1 Å². The molecule has 0 saturated carbocycles. The maximum absolute atomic E-state index is 12.5. The van der Waals surface area contributed by atoms with Gasteiger partial charge in [0, 0.05) is 32.4 Å². The molecule has 1 atom stereocenters. The summed E-state index contributed by atoms with van der Waals surface area (Å²) in [6.07, 6.45) is 1.60. The van der Waals surface area contributed by atoms with Crippen LogP contribution in [0, 0.1) is 0 Å². The number of hydrogen-bond donors (Lipinski definition) is 2. The Labute approximate surface area is 106 Å². The van der Waals surface area contributed by atoms with Crippen molar-refractivity contribution in [3.63, 3.8) is 0 Å². The maximum atomic E-state index is 12.5. The zero-order chi connectivity index (χ0) is 13.0. The van der Waals surface area contributed by atoms with E-state index in [0.717, 1.165) is 13.1 Å². The van der Waals surface area contributed by atoms with Crippen LogP contribution in [-0.2, 0) is 0 Å². The SMILES string of the molecule is COc1ncccc1C(=O)N1CCNCC1CN. The van der Waals surface area contributed by atoms with Crippen LogP contribution in [0.25, 0.3) is 0 Å². The lowest BCUT2D eigenvalue weighted by Gasteiger charge is -2.35. The molecule has 6 nitrogen and oxygen atoms in total. The standard InChI is InChI=1S/C12H18N4O2/c1-18-11-10(3-2-4-15-11)12(17)16-6-5-14-8-9(16)7-13/h2-4,9,14H,5-8,13H2,1H3. The molecule has 1 aliphatic rings. The van der Waals surface area contributed by atoms with Crippen molar-refractivity contribution in [2.24, 2.45) is 5.73 Å². The number of amides is 1. The number of nitrogens with two attached hydrogens (primary N) is 1. The van der Waals surface area contributed by atoms with Crippen molar-refractivity contribution in [2.75, 3.05) is 33.3 Å². The van der Waals surface area contributed by atoms with Gasteiger partial charge >= 0.3 is 0 Å². The van der Waals surface area contributed by atoms with Gasteiger partial charge in [0.05, 0.1) is 13.2 Å². The van der Waals surface area contributed by atoms with E-state index in [0.29, 0.717) is 24.5 Å². The number of carbonyl (C=O) groups is 1. The number of ether oxygens (including phenoxy) is 1. The lowest BCUT2D eigenvalue weighted by Crippen LogP contribution is -2.56. The Kier molecular flexibility index (Phi) is 4.11. The van der Waals surface area contributed by atoms with Gasteiger partial charge in [-0.3, -0.25) is 4.79 Å². The van der Waals surface area contributed by atoms with Crippen molar-refractivity contribution in [3.05, 3.63) is 23.9 Å². The van der Waals surface area contributed by atoms with E-state index in [4.69, 9.17) is 10.5 Å². The Morgan fingerprint density at radius 2 is 2.56 bits per heavy atom. The minimum Gasteiger partial charge on any atom is -0.480 e. The summed E-state index contributed by atoms with van der Waals surface area (Å²) < 4.78 is 5.12. The highest BCUT2D eigenvalue weighted by molar-refractivity contribution is 5.96. The fourth-order valence-electron chi connectivity index (χ4n) is 2.11. The molecule has 18 heavy (non-hydrogen) atoms. The summed E-state index contributed by atoms with van der Waals surface area (Å²) in [5.74, 6) is 0.286. The summed E-state index contributed by atoms with van der Waals surface area (Å²) >= 11 is 0. The minimum absolute atomic E-state index is 0.0242. The second kappa shape index (κ2) is 5.79. The normalized spacial score (nSPS) is 19.7. The van der Waals surface area contributed by atoms with Crippen LogP contribution in [0.2, 0.25) is 0 Å². The van der Waals surface area contributed by atoms with E-state index in [1.165, 1.54) is 7.11 Å². The molecule has 0 bridgehead atoms. The van der Waals surface area contributed by atoms with Gasteiger partial charge in [0.15, 0.2) is 0 Å². The van der Waals surface area contributed by atoms with E-state index in [9.17, 15) is 4.79 Å². The smallest absolute Gasteiger partial charge is 0.259 e. The summed E-state index contributed by atoms with van der Waals surface area (Å²) in [5.41, 5.74) is 6.19. The van der Waals surface area contributed by atoms with Gasteiger partial charge < -0.3 is 20.7 Å². The third-order valence-electron chi connectivity index (χ3n) is 3.08. The number of nitrogens with zero attached hydrogens (tertiary/aromatic N) is 2. The van der Waals surface area contributed by atoms with Crippen molar-refractivity contribution in [3.8, 4) is 5.88 Å². The summed E-state index contributed by atoms with van der Waals surface area (Å²) in [5, 5.41) is 3.23. The first-order chi connectivity index (χ1) is 8.77. The number of carbonyl (C=O) groups excluding carboxylic acids is 1. The Hall–Kier alpha value is -1.66. The quantitative estimate of drug-likeness (QED) is 0.753. The highest BCUT2D eigenvalue weighted by atomic mass is 16.5. The van der Waals surface area contributed by atoms with E-state index in [2.05, 4.69) is 10.3 Å². The lowest BCUT2D eigenvalue weighted by molar-refractivity contribution is 0.0640. The Balaban J connectivity index is 2.24. The molecule has 1 unspecified atom stereocenters. The second-order valence-corrected chi connectivity index (χ2v) is 4.15. The fraction of sp³-hybridized carbons (Fsp3) is 0.500. The average Bonchev–Trinajstić information content (AvgIpc) is 2.46. The zero-order valence-electron chi connectivity index (χ0n) is 10.4. The minimum atomic E-state index is -0.0723. The Bertz CT molecular complexity index is 424. The van der Waals surface area contributed by atoms with E-state index in [1.807, 2.05) is 0 Å². The van der Waals surface area contributed by atoms with Crippen LogP contribution in [0.4, 0.5) is 0 Å². The van der Waals surface area contributed by atoms with Crippen LogP contribution in [0.15, 0.2) is 18.3 Å². The molecule has 1 fully saturated rings. The van der Waals surface area contributed by atoms with Crippen LogP contribution >= 0.6 is 0 Å². The summed E-state index contributed by atoms with van der Waals surface area (Å²) in [6, 6.07) is 3.48. The van der Waals surface area contributed by atoms with Crippen molar-refractivity contribution < 1.29 is 9.53 Å². The van der Waals surface area contributed by atoms with E-state index >= 15 is 0 Å². The van der Waals surface area contributed by atoms with Crippen molar-refractivity contribution in [2.45, 2.75) is 6.04 Å². The van der Waals surface area contributed by atoms with Gasteiger partial charge in [-0.15, -0.1) is 0 Å². The number of hydrogen-bond acceptors (Lipinski definition) is 5. The van der Waals surface area contributed by atoms with Gasteiger partial charge in [0.1, 0.15) is 5.56 Å². The largest absolute Gasteiger partial charge is 0.480 e. The monoisotopic (exact) mass is 250 g/mol. The van der Waals surface area contributed by atoms with Gasteiger partial charge in [-0.1, -0.05) is 0 Å². The number of methoxy groups -OCH3 is 1. The molecule has 0 radical (unpaired) electrons. The number of aromatic nitrogens is 1. The zero-order valence-corrected chi connectivity index (χ0v) is 10.4. The van der Waals surface area contributed by atoms with E-state index < -0.39 is 0 Å². The first kappa shape index (κ1) is 12.8. The molecule has 3 N–H and O–H groups in total. The van der Waals surface area contributed by atoms with Crippen molar-refractivity contribution >= 4 is 5.91 Å². The fourth-order valence-corrected chi connectivity index (χ4v) is 2.11. The summed E-state index contributed by atoms with van der Waals surface area (Å²) in [7, 11) is 1.51. The average molecular weight is 250 g/mol. The molecule has 1 aromatic heterocycles. The van der Waals surface area contributed by atoms with Crippen LogP contribution in [0.5, 0.6) is 5.88 Å². The first-order valence-electron chi connectivity index (χ1n) is 5.98. The topological polar surface area (TPSA) is 80.5 Å². The maximum Gasteiger partial charge on any atom is 0.259 e. The molecular weight excluding hydrogens is 232 g/mol. The highest BCUT2D eigenvalue weighted by Crippen LogP contribution is 2.18. The van der Waals surface area contributed by atoms with Crippen LogP contribution in [0.3, 0.4) is 0 Å². The summed E-state index contributed by atoms with van der Waals surface area (Å²) in [4.78, 5) is 18.3. The molecule has 1 saturated heterocycles. The molecule has 2 heterocycles. The van der Waals surface area contributed by atoms with Crippen LogP contribution < -0.4 is 15.8 Å². The molecule has 6 heteroatoms. The van der Waals surface area contributed by atoms with E-state index in [1.54, 1.807) is 23.2 Å². The van der Waals surface area contributed by atoms with Crippen molar-refractivity contribution in [1.29, 1.82) is 0 Å². The molecule has 98 valence electrons. The molecule has 1 aliphatic heterocycles. The Morgan fingerprint density at radius 1 is 1.72 bits per heavy atom. The molecule has 1 amide bonds. The Morgan fingerprint density at radius 3 is 3.28 bits per heavy atom. The van der Waals surface area contributed by atoms with E-state index in [-0.39, 0.29) is 11.9 Å². The van der Waals surface area contributed by atoms with Gasteiger partial charge in [0.25, 0.3) is 5.91 Å². The second-order valence-electron chi connectivity index (χ2n) is 4.15. The molecule has 0 aliphatic carbocycles. The van der Waals surface area contributed by atoms with Crippen molar-refractivity contribution in [1.82, 2.24) is 15.2 Å². The predicted molar refractivity (Wildman–Crippen MR) is 67.5 cm³/mol. The summed E-state index contributed by atoms with van der Waals surface area (Å²) in [6.45, 7) is 2.61. The number of pyridine rings is 1. The van der Waals surface area contributed by atoms with Gasteiger partial charge in [-0.2, -0.15) is 0 Å². The first-order valence-corrected chi connectivity index (χ1v) is 5.98. The third kappa shape index (κ3) is 2.44. The van der Waals surface area contributed by atoms with Gasteiger partial charge in [0.2, 0.25) is 5.88 Å². The van der Waals surface area contributed by atoms with Crippen LogP contribution in [-0.4, -0.2) is 55.1 Å². The predicted octanol–water partition coefficient (Wildman–Crippen LogP) is -0.537.